The van der Waals surface area contributed by atoms with Crippen LogP contribution in [0.1, 0.15) is 29.4 Å². The van der Waals surface area contributed by atoms with Crippen LogP contribution in [0.4, 0.5) is 5.13 Å². The average molecular weight is 302 g/mol. The number of carbonyl (C=O) groups excluding carboxylic acids is 2. The van der Waals surface area contributed by atoms with Crippen molar-refractivity contribution in [2.75, 3.05) is 24.5 Å². The number of rotatable bonds is 4. The number of anilines is 1. The van der Waals surface area contributed by atoms with Crippen molar-refractivity contribution in [1.29, 1.82) is 0 Å². The lowest BCUT2D eigenvalue weighted by molar-refractivity contribution is -0.119. The Labute approximate surface area is 121 Å². The van der Waals surface area contributed by atoms with Crippen LogP contribution in [0, 0.1) is 5.92 Å². The molecule has 0 radical (unpaired) electrons. The monoisotopic (exact) mass is 301 g/mol. The summed E-state index contributed by atoms with van der Waals surface area (Å²) in [6, 6.07) is 0. The zero-order valence-corrected chi connectivity index (χ0v) is 12.3. The van der Waals surface area contributed by atoms with Crippen molar-refractivity contribution in [1.82, 2.24) is 10.3 Å². The predicted octanol–water partition coefficient (Wildman–Crippen LogP) is 1.96. The molecule has 0 saturated carbocycles. The average Bonchev–Trinajstić information content (AvgIpc) is 2.78. The van der Waals surface area contributed by atoms with Crippen LogP contribution in [-0.2, 0) is 4.79 Å². The van der Waals surface area contributed by atoms with Crippen LogP contribution in [0.3, 0.4) is 0 Å². The van der Waals surface area contributed by atoms with Crippen molar-refractivity contribution in [2.24, 2.45) is 5.92 Å². The Morgan fingerprint density at radius 1 is 1.58 bits per heavy atom. The van der Waals surface area contributed by atoms with Crippen molar-refractivity contribution >= 4 is 40.3 Å². The summed E-state index contributed by atoms with van der Waals surface area (Å²) in [4.78, 5) is 28.5. The van der Waals surface area contributed by atoms with E-state index in [0.717, 1.165) is 43.9 Å². The third-order valence-electron chi connectivity index (χ3n) is 3.23. The Balaban J connectivity index is 1.88. The maximum Gasteiger partial charge on any atom is 0.216 e. The third-order valence-corrected chi connectivity index (χ3v) is 4.67. The molecule has 1 aromatic heterocycles. The molecule has 19 heavy (non-hydrogen) atoms. The normalized spacial score (nSPS) is 16.4. The standard InChI is InChI=1S/C12H16ClN3O2S/c1-8(18)14-6-9-2-4-16(5-3-9)12-15-11(13)10(7-17)19-12/h7,9H,2-6H2,1H3,(H,14,18). The number of aldehydes is 1. The van der Waals surface area contributed by atoms with Gasteiger partial charge in [-0.15, -0.1) is 0 Å². The number of hydrogen-bond donors (Lipinski definition) is 1. The van der Waals surface area contributed by atoms with Crippen LogP contribution in [0.2, 0.25) is 5.15 Å². The zero-order chi connectivity index (χ0) is 13.8. The lowest BCUT2D eigenvalue weighted by Crippen LogP contribution is -2.38. The van der Waals surface area contributed by atoms with E-state index in [4.69, 9.17) is 11.6 Å². The molecule has 1 aliphatic rings. The molecule has 0 unspecified atom stereocenters. The van der Waals surface area contributed by atoms with Gasteiger partial charge in [-0.3, -0.25) is 9.59 Å². The molecule has 0 spiro atoms. The quantitative estimate of drug-likeness (QED) is 0.864. The van der Waals surface area contributed by atoms with E-state index in [1.54, 1.807) is 0 Å². The number of hydrogen-bond acceptors (Lipinski definition) is 5. The van der Waals surface area contributed by atoms with Crippen molar-refractivity contribution in [3.63, 3.8) is 0 Å². The second-order valence-electron chi connectivity index (χ2n) is 4.64. The molecule has 0 aliphatic carbocycles. The summed E-state index contributed by atoms with van der Waals surface area (Å²) >= 11 is 7.20. The lowest BCUT2D eigenvalue weighted by Gasteiger charge is -2.31. The van der Waals surface area contributed by atoms with E-state index >= 15 is 0 Å². The highest BCUT2D eigenvalue weighted by Crippen LogP contribution is 2.30. The Morgan fingerprint density at radius 3 is 2.79 bits per heavy atom. The van der Waals surface area contributed by atoms with Crippen LogP contribution in [0.15, 0.2) is 0 Å². The SMILES string of the molecule is CC(=O)NCC1CCN(c2nc(Cl)c(C=O)s2)CC1. The largest absolute Gasteiger partial charge is 0.356 e. The first-order valence-corrected chi connectivity index (χ1v) is 7.40. The van der Waals surface area contributed by atoms with E-state index in [9.17, 15) is 9.59 Å². The van der Waals surface area contributed by atoms with Crippen molar-refractivity contribution in [2.45, 2.75) is 19.8 Å². The summed E-state index contributed by atoms with van der Waals surface area (Å²) in [6.07, 6.45) is 2.76. The number of amides is 1. The first-order chi connectivity index (χ1) is 9.10. The first kappa shape index (κ1) is 14.3. The van der Waals surface area contributed by atoms with E-state index in [-0.39, 0.29) is 11.1 Å². The number of nitrogens with zero attached hydrogens (tertiary/aromatic N) is 2. The third kappa shape index (κ3) is 3.67. The smallest absolute Gasteiger partial charge is 0.216 e. The molecule has 1 aromatic rings. The van der Waals surface area contributed by atoms with Gasteiger partial charge >= 0.3 is 0 Å². The summed E-state index contributed by atoms with van der Waals surface area (Å²) in [5.74, 6) is 0.533. The van der Waals surface area contributed by atoms with Crippen LogP contribution in [0.5, 0.6) is 0 Å². The second-order valence-corrected chi connectivity index (χ2v) is 6.00. The minimum atomic E-state index is 0.0183. The summed E-state index contributed by atoms with van der Waals surface area (Å²) in [5.41, 5.74) is 0. The number of thiazole rings is 1. The van der Waals surface area contributed by atoms with Crippen LogP contribution in [-0.4, -0.2) is 36.8 Å². The van der Waals surface area contributed by atoms with Gasteiger partial charge < -0.3 is 10.2 Å². The summed E-state index contributed by atoms with van der Waals surface area (Å²) in [7, 11) is 0. The van der Waals surface area contributed by atoms with Crippen LogP contribution >= 0.6 is 22.9 Å². The number of nitrogens with one attached hydrogen (secondary N) is 1. The van der Waals surface area contributed by atoms with Gasteiger partial charge in [0.25, 0.3) is 0 Å². The lowest BCUT2D eigenvalue weighted by atomic mass is 9.97. The Bertz CT molecular complexity index is 470. The maximum atomic E-state index is 10.9. The topological polar surface area (TPSA) is 62.3 Å². The van der Waals surface area contributed by atoms with Gasteiger partial charge in [-0.25, -0.2) is 4.98 Å². The highest BCUT2D eigenvalue weighted by Gasteiger charge is 2.22. The van der Waals surface area contributed by atoms with Gasteiger partial charge in [-0.2, -0.15) is 0 Å². The molecule has 1 amide bonds. The van der Waals surface area contributed by atoms with E-state index < -0.39 is 0 Å². The molecule has 2 heterocycles. The maximum absolute atomic E-state index is 10.9. The van der Waals surface area contributed by atoms with Crippen LogP contribution in [0.25, 0.3) is 0 Å². The van der Waals surface area contributed by atoms with Gasteiger partial charge in [0.15, 0.2) is 16.6 Å². The van der Waals surface area contributed by atoms with Gasteiger partial charge in [0.2, 0.25) is 5.91 Å². The summed E-state index contributed by atoms with van der Waals surface area (Å²) < 4.78 is 0. The molecular weight excluding hydrogens is 286 g/mol. The highest BCUT2D eigenvalue weighted by molar-refractivity contribution is 7.17. The Hall–Kier alpha value is -1.14. The van der Waals surface area contributed by atoms with Gasteiger partial charge in [-0.05, 0) is 18.8 Å². The van der Waals surface area contributed by atoms with Gasteiger partial charge in [-0.1, -0.05) is 22.9 Å². The molecule has 0 aromatic carbocycles. The molecule has 1 saturated heterocycles. The van der Waals surface area contributed by atoms with E-state index in [1.807, 2.05) is 0 Å². The summed E-state index contributed by atoms with van der Waals surface area (Å²) in [5, 5.41) is 3.95. The molecule has 7 heteroatoms. The molecule has 2 rings (SSSR count). The molecule has 1 N–H and O–H groups in total. The van der Waals surface area contributed by atoms with E-state index in [1.165, 1.54) is 18.3 Å². The number of aromatic nitrogens is 1. The molecule has 5 nitrogen and oxygen atoms in total. The zero-order valence-electron chi connectivity index (χ0n) is 10.7. The minimum absolute atomic E-state index is 0.0183. The van der Waals surface area contributed by atoms with Crippen molar-refractivity contribution < 1.29 is 9.59 Å². The van der Waals surface area contributed by atoms with Gasteiger partial charge in [0.1, 0.15) is 4.88 Å². The fourth-order valence-corrected chi connectivity index (χ4v) is 3.24. The predicted molar refractivity (Wildman–Crippen MR) is 76.1 cm³/mol. The number of carbonyl (C=O) groups is 2. The van der Waals surface area contributed by atoms with Crippen LogP contribution < -0.4 is 10.2 Å². The van der Waals surface area contributed by atoms with Crippen molar-refractivity contribution in [3.8, 4) is 0 Å². The number of halogens is 1. The second kappa shape index (κ2) is 6.34. The molecular formula is C12H16ClN3O2S. The molecule has 104 valence electrons. The van der Waals surface area contributed by atoms with Gasteiger partial charge in [0, 0.05) is 26.6 Å². The number of piperidine rings is 1. The molecule has 0 bridgehead atoms. The Kier molecular flexibility index (Phi) is 4.76. The van der Waals surface area contributed by atoms with E-state index in [2.05, 4.69) is 15.2 Å². The minimum Gasteiger partial charge on any atom is -0.356 e. The first-order valence-electron chi connectivity index (χ1n) is 6.21. The fourth-order valence-electron chi connectivity index (χ4n) is 2.13. The summed E-state index contributed by atoms with van der Waals surface area (Å²) in [6.45, 7) is 4.04. The highest BCUT2D eigenvalue weighted by atomic mass is 35.5. The molecule has 1 aliphatic heterocycles. The molecule has 1 fully saturated rings. The Morgan fingerprint density at radius 2 is 2.26 bits per heavy atom. The fraction of sp³-hybridized carbons (Fsp3) is 0.583. The molecule has 0 atom stereocenters. The van der Waals surface area contributed by atoms with Gasteiger partial charge in [0.05, 0.1) is 0 Å². The van der Waals surface area contributed by atoms with E-state index in [0.29, 0.717) is 10.8 Å². The van der Waals surface area contributed by atoms with Crippen molar-refractivity contribution in [3.05, 3.63) is 10.0 Å².